The molecule has 1 aromatic heterocycles. The standard InChI is InChI=1S/C29H35N5O/c1-21(2)28-31-16-24(17-32-28)29(35)33-19-23-10-6-7-11-27(23)30-15-14-25-12-13-26(20-33)34(25)18-22-8-4-3-5-9-22/h3-11,16-17,21,25-26,30H,12-15,18-20H2,1-2H3/t25-,26+/m0/s1. The highest BCUT2D eigenvalue weighted by Gasteiger charge is 2.35. The van der Waals surface area contributed by atoms with Crippen molar-refractivity contribution in [3.63, 3.8) is 0 Å². The lowest BCUT2D eigenvalue weighted by molar-refractivity contribution is 0.0662. The van der Waals surface area contributed by atoms with Gasteiger partial charge in [0.2, 0.25) is 0 Å². The first-order chi connectivity index (χ1) is 17.1. The maximum atomic E-state index is 13.8. The van der Waals surface area contributed by atoms with Crippen LogP contribution in [0.15, 0.2) is 67.0 Å². The number of anilines is 1. The molecular formula is C29H35N5O. The summed E-state index contributed by atoms with van der Waals surface area (Å²) in [5.41, 5.74) is 4.14. The van der Waals surface area contributed by atoms with Crippen LogP contribution in [0, 0.1) is 0 Å². The topological polar surface area (TPSA) is 61.4 Å². The van der Waals surface area contributed by atoms with Crippen molar-refractivity contribution < 1.29 is 4.79 Å². The van der Waals surface area contributed by atoms with Crippen LogP contribution in [0.25, 0.3) is 0 Å². The predicted molar refractivity (Wildman–Crippen MR) is 139 cm³/mol. The van der Waals surface area contributed by atoms with E-state index in [2.05, 4.69) is 88.6 Å². The van der Waals surface area contributed by atoms with Gasteiger partial charge in [-0.1, -0.05) is 62.4 Å². The van der Waals surface area contributed by atoms with Gasteiger partial charge in [0.05, 0.1) is 5.56 Å². The molecule has 5 rings (SSSR count). The number of rotatable bonds is 4. The lowest BCUT2D eigenvalue weighted by Gasteiger charge is -2.34. The van der Waals surface area contributed by atoms with Crippen LogP contribution >= 0.6 is 0 Å². The van der Waals surface area contributed by atoms with E-state index in [1.807, 2.05) is 4.90 Å². The van der Waals surface area contributed by atoms with E-state index in [1.54, 1.807) is 12.4 Å². The third-order valence-electron chi connectivity index (χ3n) is 7.30. The molecule has 2 aliphatic rings. The van der Waals surface area contributed by atoms with Gasteiger partial charge in [0.25, 0.3) is 5.91 Å². The molecule has 1 fully saturated rings. The number of carbonyl (C=O) groups excluding carboxylic acids is 1. The van der Waals surface area contributed by atoms with E-state index in [1.165, 1.54) is 5.56 Å². The largest absolute Gasteiger partial charge is 0.385 e. The highest BCUT2D eigenvalue weighted by Crippen LogP contribution is 2.31. The summed E-state index contributed by atoms with van der Waals surface area (Å²) in [6.07, 6.45) is 6.75. The third-order valence-corrected chi connectivity index (χ3v) is 7.30. The monoisotopic (exact) mass is 469 g/mol. The van der Waals surface area contributed by atoms with Crippen molar-refractivity contribution in [2.75, 3.05) is 18.4 Å². The van der Waals surface area contributed by atoms with Crippen molar-refractivity contribution in [2.45, 2.75) is 64.2 Å². The molecule has 3 heterocycles. The van der Waals surface area contributed by atoms with Crippen LogP contribution in [0.2, 0.25) is 0 Å². The third kappa shape index (κ3) is 5.38. The first-order valence-electron chi connectivity index (χ1n) is 12.8. The van der Waals surface area contributed by atoms with E-state index < -0.39 is 0 Å². The number of hydrogen-bond donors (Lipinski definition) is 1. The number of nitrogens with zero attached hydrogens (tertiary/aromatic N) is 4. The van der Waals surface area contributed by atoms with Crippen LogP contribution in [0.1, 0.15) is 66.3 Å². The summed E-state index contributed by atoms with van der Waals surface area (Å²) in [6.45, 7) is 7.23. The molecule has 0 spiro atoms. The Bertz CT molecular complexity index is 1130. The van der Waals surface area contributed by atoms with Gasteiger partial charge in [-0.3, -0.25) is 9.69 Å². The van der Waals surface area contributed by atoms with Gasteiger partial charge in [-0.2, -0.15) is 0 Å². The first-order valence-corrected chi connectivity index (χ1v) is 12.8. The summed E-state index contributed by atoms with van der Waals surface area (Å²) in [4.78, 5) is 27.4. The first kappa shape index (κ1) is 23.5. The van der Waals surface area contributed by atoms with Gasteiger partial charge < -0.3 is 10.2 Å². The van der Waals surface area contributed by atoms with Gasteiger partial charge in [0.1, 0.15) is 5.82 Å². The quantitative estimate of drug-likeness (QED) is 0.577. The number of para-hydroxylation sites is 1. The number of nitrogens with one attached hydrogen (secondary N) is 1. The Labute approximate surface area is 208 Å². The van der Waals surface area contributed by atoms with E-state index in [-0.39, 0.29) is 11.8 Å². The average Bonchev–Trinajstić information content (AvgIpc) is 3.24. The number of benzene rings is 2. The molecule has 1 amide bonds. The molecule has 0 aliphatic carbocycles. The molecule has 0 unspecified atom stereocenters. The summed E-state index contributed by atoms with van der Waals surface area (Å²) in [5, 5.41) is 3.66. The number of aromatic nitrogens is 2. The Morgan fingerprint density at radius 1 is 0.971 bits per heavy atom. The fraction of sp³-hybridized carbons (Fsp3) is 0.414. The molecule has 0 saturated carbocycles. The summed E-state index contributed by atoms with van der Waals surface area (Å²) in [6, 6.07) is 19.9. The summed E-state index contributed by atoms with van der Waals surface area (Å²) in [5.74, 6) is 0.996. The fourth-order valence-electron chi connectivity index (χ4n) is 5.39. The second kappa shape index (κ2) is 10.6. The minimum Gasteiger partial charge on any atom is -0.385 e. The second-order valence-corrected chi connectivity index (χ2v) is 10.1. The fourth-order valence-corrected chi connectivity index (χ4v) is 5.39. The molecule has 2 atom stereocenters. The molecule has 2 aromatic carbocycles. The van der Waals surface area contributed by atoms with E-state index >= 15 is 0 Å². The van der Waals surface area contributed by atoms with Gasteiger partial charge in [0.15, 0.2) is 0 Å². The molecule has 3 aromatic rings. The van der Waals surface area contributed by atoms with Crippen LogP contribution in [-0.4, -0.2) is 50.8 Å². The predicted octanol–water partition coefficient (Wildman–Crippen LogP) is 5.09. The number of fused-ring (bicyclic) bond motifs is 3. The molecule has 1 saturated heterocycles. The Balaban J connectivity index is 1.46. The Hall–Kier alpha value is -3.25. The number of amides is 1. The number of carbonyl (C=O) groups is 1. The zero-order valence-electron chi connectivity index (χ0n) is 20.7. The van der Waals surface area contributed by atoms with Crippen molar-refractivity contribution in [2.24, 2.45) is 0 Å². The van der Waals surface area contributed by atoms with Gasteiger partial charge in [-0.25, -0.2) is 9.97 Å². The van der Waals surface area contributed by atoms with Crippen LogP contribution in [0.5, 0.6) is 0 Å². The molecule has 6 nitrogen and oxygen atoms in total. The van der Waals surface area contributed by atoms with Crippen molar-refractivity contribution in [1.82, 2.24) is 19.8 Å². The molecular weight excluding hydrogens is 434 g/mol. The van der Waals surface area contributed by atoms with E-state index in [0.717, 1.165) is 49.4 Å². The normalized spacial score (nSPS) is 20.7. The highest BCUT2D eigenvalue weighted by atomic mass is 16.2. The Morgan fingerprint density at radius 2 is 1.69 bits per heavy atom. The average molecular weight is 470 g/mol. The summed E-state index contributed by atoms with van der Waals surface area (Å²) in [7, 11) is 0. The van der Waals surface area contributed by atoms with Gasteiger partial charge in [-0.05, 0) is 36.5 Å². The SMILES string of the molecule is CC(C)c1ncc(C(=O)N2Cc3ccccc3NCC[C@@H]3CC[C@H](C2)N3Cc2ccccc2)cn1. The van der Waals surface area contributed by atoms with Crippen molar-refractivity contribution in [3.8, 4) is 0 Å². The van der Waals surface area contributed by atoms with E-state index in [9.17, 15) is 4.79 Å². The molecule has 0 radical (unpaired) electrons. The summed E-state index contributed by atoms with van der Waals surface area (Å²) < 4.78 is 0. The van der Waals surface area contributed by atoms with E-state index in [4.69, 9.17) is 0 Å². The minimum absolute atomic E-state index is 0.00235. The smallest absolute Gasteiger partial charge is 0.257 e. The molecule has 182 valence electrons. The zero-order valence-corrected chi connectivity index (χ0v) is 20.7. The van der Waals surface area contributed by atoms with Gasteiger partial charge >= 0.3 is 0 Å². The van der Waals surface area contributed by atoms with Crippen LogP contribution in [0.4, 0.5) is 5.69 Å². The number of hydrogen-bond acceptors (Lipinski definition) is 5. The van der Waals surface area contributed by atoms with Gasteiger partial charge in [0, 0.05) is 62.3 Å². The maximum Gasteiger partial charge on any atom is 0.257 e. The highest BCUT2D eigenvalue weighted by molar-refractivity contribution is 5.93. The Kier molecular flexibility index (Phi) is 7.09. The van der Waals surface area contributed by atoms with Gasteiger partial charge in [-0.15, -0.1) is 0 Å². The van der Waals surface area contributed by atoms with Crippen molar-refractivity contribution in [3.05, 3.63) is 89.5 Å². The van der Waals surface area contributed by atoms with Crippen molar-refractivity contribution in [1.29, 1.82) is 0 Å². The lowest BCUT2D eigenvalue weighted by Crippen LogP contribution is -2.44. The van der Waals surface area contributed by atoms with Crippen molar-refractivity contribution >= 4 is 11.6 Å². The maximum absolute atomic E-state index is 13.8. The Morgan fingerprint density at radius 3 is 2.46 bits per heavy atom. The molecule has 6 heteroatoms. The molecule has 2 bridgehead atoms. The molecule has 35 heavy (non-hydrogen) atoms. The zero-order chi connectivity index (χ0) is 24.2. The molecule has 2 aliphatic heterocycles. The minimum atomic E-state index is -0.00235. The molecule has 1 N–H and O–H groups in total. The second-order valence-electron chi connectivity index (χ2n) is 10.1. The van der Waals surface area contributed by atoms with Crippen LogP contribution in [-0.2, 0) is 13.1 Å². The lowest BCUT2D eigenvalue weighted by atomic mass is 10.1. The summed E-state index contributed by atoms with van der Waals surface area (Å²) >= 11 is 0. The van der Waals surface area contributed by atoms with E-state index in [0.29, 0.717) is 30.7 Å². The van der Waals surface area contributed by atoms with Crippen LogP contribution in [0.3, 0.4) is 0 Å². The van der Waals surface area contributed by atoms with Crippen LogP contribution < -0.4 is 5.32 Å².